The highest BCUT2D eigenvalue weighted by atomic mass is 16.3. The molecule has 3 nitrogen and oxygen atoms in total. The van der Waals surface area contributed by atoms with Crippen LogP contribution < -0.4 is 5.32 Å². The van der Waals surface area contributed by atoms with E-state index >= 15 is 0 Å². The van der Waals surface area contributed by atoms with E-state index in [0.717, 1.165) is 11.4 Å². The van der Waals surface area contributed by atoms with Crippen molar-refractivity contribution in [1.82, 2.24) is 4.98 Å². The van der Waals surface area contributed by atoms with Crippen LogP contribution in [0.3, 0.4) is 0 Å². The van der Waals surface area contributed by atoms with Crippen molar-refractivity contribution >= 4 is 5.69 Å². The van der Waals surface area contributed by atoms with Gasteiger partial charge in [0.1, 0.15) is 5.76 Å². The molecule has 14 heavy (non-hydrogen) atoms. The molecule has 0 aliphatic heterocycles. The lowest BCUT2D eigenvalue weighted by molar-refractivity contribution is 0.490. The fourth-order valence-corrected chi connectivity index (χ4v) is 1.31. The SMILES string of the molecule is CC(Nc1ccncc1)c1ccco1. The number of nitrogens with zero attached hydrogens (tertiary/aromatic N) is 1. The summed E-state index contributed by atoms with van der Waals surface area (Å²) >= 11 is 0. The van der Waals surface area contributed by atoms with Crippen molar-refractivity contribution in [2.45, 2.75) is 13.0 Å². The number of hydrogen-bond donors (Lipinski definition) is 1. The van der Waals surface area contributed by atoms with E-state index < -0.39 is 0 Å². The van der Waals surface area contributed by atoms with Gasteiger partial charge in [0.15, 0.2) is 0 Å². The van der Waals surface area contributed by atoms with Crippen LogP contribution in [0.1, 0.15) is 18.7 Å². The highest BCUT2D eigenvalue weighted by Gasteiger charge is 2.06. The van der Waals surface area contributed by atoms with Gasteiger partial charge in [-0.25, -0.2) is 0 Å². The van der Waals surface area contributed by atoms with Crippen molar-refractivity contribution in [2.24, 2.45) is 0 Å². The predicted molar refractivity (Wildman–Crippen MR) is 55.0 cm³/mol. The van der Waals surface area contributed by atoms with Crippen molar-refractivity contribution in [3.05, 3.63) is 48.7 Å². The second-order valence-electron chi connectivity index (χ2n) is 3.12. The van der Waals surface area contributed by atoms with Crippen LogP contribution in [-0.4, -0.2) is 4.98 Å². The smallest absolute Gasteiger partial charge is 0.125 e. The molecule has 0 aliphatic rings. The van der Waals surface area contributed by atoms with Gasteiger partial charge in [0.05, 0.1) is 12.3 Å². The maximum Gasteiger partial charge on any atom is 0.125 e. The minimum Gasteiger partial charge on any atom is -0.467 e. The monoisotopic (exact) mass is 188 g/mol. The van der Waals surface area contributed by atoms with Gasteiger partial charge in [0.25, 0.3) is 0 Å². The minimum atomic E-state index is 0.174. The molecule has 0 radical (unpaired) electrons. The van der Waals surface area contributed by atoms with Crippen molar-refractivity contribution in [3.8, 4) is 0 Å². The molecular weight excluding hydrogens is 176 g/mol. The number of pyridine rings is 1. The van der Waals surface area contributed by atoms with Crippen LogP contribution in [0.25, 0.3) is 0 Å². The first kappa shape index (κ1) is 8.81. The molecule has 0 amide bonds. The van der Waals surface area contributed by atoms with Gasteiger partial charge in [-0.05, 0) is 31.2 Å². The molecule has 2 aromatic heterocycles. The summed E-state index contributed by atoms with van der Waals surface area (Å²) in [7, 11) is 0. The number of anilines is 1. The average molecular weight is 188 g/mol. The second kappa shape index (κ2) is 3.96. The Labute approximate surface area is 82.8 Å². The molecule has 2 rings (SSSR count). The Morgan fingerprint density at radius 1 is 1.29 bits per heavy atom. The van der Waals surface area contributed by atoms with Crippen LogP contribution in [-0.2, 0) is 0 Å². The summed E-state index contributed by atoms with van der Waals surface area (Å²) in [6.07, 6.45) is 5.20. The number of hydrogen-bond acceptors (Lipinski definition) is 3. The molecule has 0 aromatic carbocycles. The van der Waals surface area contributed by atoms with Gasteiger partial charge < -0.3 is 9.73 Å². The topological polar surface area (TPSA) is 38.1 Å². The molecule has 1 atom stereocenters. The maximum absolute atomic E-state index is 5.29. The standard InChI is InChI=1S/C11H12N2O/c1-9(11-3-2-8-14-11)13-10-4-6-12-7-5-10/h2-9H,1H3,(H,12,13). The zero-order valence-electron chi connectivity index (χ0n) is 7.97. The van der Waals surface area contributed by atoms with E-state index in [2.05, 4.69) is 17.2 Å². The lowest BCUT2D eigenvalue weighted by Gasteiger charge is -2.11. The van der Waals surface area contributed by atoms with Gasteiger partial charge in [0.2, 0.25) is 0 Å². The van der Waals surface area contributed by atoms with E-state index in [0.29, 0.717) is 0 Å². The Hall–Kier alpha value is -1.77. The molecule has 0 bridgehead atoms. The highest BCUT2D eigenvalue weighted by Crippen LogP contribution is 2.18. The Kier molecular flexibility index (Phi) is 2.49. The summed E-state index contributed by atoms with van der Waals surface area (Å²) in [6, 6.07) is 7.88. The minimum absolute atomic E-state index is 0.174. The van der Waals surface area contributed by atoms with Gasteiger partial charge in [-0.15, -0.1) is 0 Å². The summed E-state index contributed by atoms with van der Waals surface area (Å²) in [5.41, 5.74) is 1.05. The molecule has 2 heterocycles. The van der Waals surface area contributed by atoms with Gasteiger partial charge >= 0.3 is 0 Å². The van der Waals surface area contributed by atoms with Gasteiger partial charge in [-0.3, -0.25) is 4.98 Å². The van der Waals surface area contributed by atoms with E-state index in [1.54, 1.807) is 18.7 Å². The summed E-state index contributed by atoms with van der Waals surface area (Å²) in [4.78, 5) is 3.95. The molecule has 72 valence electrons. The quantitative estimate of drug-likeness (QED) is 0.804. The molecule has 1 N–H and O–H groups in total. The molecule has 1 unspecified atom stereocenters. The van der Waals surface area contributed by atoms with E-state index in [-0.39, 0.29) is 6.04 Å². The van der Waals surface area contributed by atoms with E-state index in [1.165, 1.54) is 0 Å². The van der Waals surface area contributed by atoms with Crippen LogP contribution in [0, 0.1) is 0 Å². The molecule has 0 spiro atoms. The number of nitrogens with one attached hydrogen (secondary N) is 1. The first-order chi connectivity index (χ1) is 6.86. The predicted octanol–water partition coefficient (Wildman–Crippen LogP) is 2.85. The molecular formula is C11H12N2O. The van der Waals surface area contributed by atoms with Crippen LogP contribution in [0.15, 0.2) is 47.3 Å². The zero-order valence-corrected chi connectivity index (χ0v) is 7.97. The molecule has 0 saturated heterocycles. The van der Waals surface area contributed by atoms with E-state index in [9.17, 15) is 0 Å². The first-order valence-corrected chi connectivity index (χ1v) is 4.56. The van der Waals surface area contributed by atoms with Crippen LogP contribution in [0.4, 0.5) is 5.69 Å². The molecule has 0 saturated carbocycles. The van der Waals surface area contributed by atoms with Crippen LogP contribution in [0.5, 0.6) is 0 Å². The summed E-state index contributed by atoms with van der Waals surface area (Å²) < 4.78 is 5.29. The van der Waals surface area contributed by atoms with Gasteiger partial charge in [-0.2, -0.15) is 0 Å². The number of furan rings is 1. The fraction of sp³-hybridized carbons (Fsp3) is 0.182. The summed E-state index contributed by atoms with van der Waals surface area (Å²) in [5.74, 6) is 0.932. The third-order valence-electron chi connectivity index (χ3n) is 2.03. The zero-order chi connectivity index (χ0) is 9.80. The van der Waals surface area contributed by atoms with Crippen LogP contribution in [0.2, 0.25) is 0 Å². The second-order valence-corrected chi connectivity index (χ2v) is 3.12. The highest BCUT2D eigenvalue weighted by molar-refractivity contribution is 5.42. The normalized spacial score (nSPS) is 12.4. The first-order valence-electron chi connectivity index (χ1n) is 4.56. The third kappa shape index (κ3) is 1.93. The molecule has 0 aliphatic carbocycles. The fourth-order valence-electron chi connectivity index (χ4n) is 1.31. The van der Waals surface area contributed by atoms with Crippen molar-refractivity contribution < 1.29 is 4.42 Å². The van der Waals surface area contributed by atoms with Crippen LogP contribution >= 0.6 is 0 Å². The molecule has 2 aromatic rings. The Morgan fingerprint density at radius 3 is 2.71 bits per heavy atom. The maximum atomic E-state index is 5.29. The molecule has 3 heteroatoms. The summed E-state index contributed by atoms with van der Waals surface area (Å²) in [6.45, 7) is 2.05. The number of rotatable bonds is 3. The van der Waals surface area contributed by atoms with E-state index in [1.807, 2.05) is 24.3 Å². The molecule has 0 fully saturated rings. The average Bonchev–Trinajstić information content (AvgIpc) is 2.72. The van der Waals surface area contributed by atoms with Gasteiger partial charge in [-0.1, -0.05) is 0 Å². The Morgan fingerprint density at radius 2 is 2.07 bits per heavy atom. The number of aromatic nitrogens is 1. The van der Waals surface area contributed by atoms with Gasteiger partial charge in [0, 0.05) is 18.1 Å². The van der Waals surface area contributed by atoms with Crippen molar-refractivity contribution in [1.29, 1.82) is 0 Å². The van der Waals surface area contributed by atoms with Crippen molar-refractivity contribution in [3.63, 3.8) is 0 Å². The largest absolute Gasteiger partial charge is 0.467 e. The van der Waals surface area contributed by atoms with E-state index in [4.69, 9.17) is 4.42 Å². The lowest BCUT2D eigenvalue weighted by atomic mass is 10.2. The van der Waals surface area contributed by atoms with Crippen molar-refractivity contribution in [2.75, 3.05) is 5.32 Å². The third-order valence-corrected chi connectivity index (χ3v) is 2.03. The summed E-state index contributed by atoms with van der Waals surface area (Å²) in [5, 5.41) is 3.31. The Bertz CT molecular complexity index is 369. The lowest BCUT2D eigenvalue weighted by Crippen LogP contribution is -2.05. The Balaban J connectivity index is 2.06.